The first-order valence-corrected chi connectivity index (χ1v) is 10.9. The highest BCUT2D eigenvalue weighted by atomic mass is 19.1. The molecule has 3 heterocycles. The molecule has 6 rings (SSSR count). The fraction of sp³-hybridized carbons (Fsp3) is 0.348. The van der Waals surface area contributed by atoms with E-state index >= 15 is 0 Å². The maximum atomic E-state index is 13.9. The maximum absolute atomic E-state index is 13.9. The zero-order valence-electron chi connectivity index (χ0n) is 18.9. The lowest BCUT2D eigenvalue weighted by Crippen LogP contribution is -2.65. The standard InChI is InChI=1S/C23H21FN8O3/c1-13(15-4-3-7-26-18(15)24)35-21(34)29-19-17(30-31-32(19)2)16-6-5-14(8-27-16)28-20(33)23-9-22(10-23,11-23)12-25/h3-8,13H,9-11H2,1-2H3,(H,28,33)(H,29,34)/t13-,22?,23?/m1/s1. The summed E-state index contributed by atoms with van der Waals surface area (Å²) < 4.78 is 20.5. The summed E-state index contributed by atoms with van der Waals surface area (Å²) in [6.07, 6.45) is 2.90. The Hall–Kier alpha value is -4.40. The molecule has 0 aliphatic heterocycles. The van der Waals surface area contributed by atoms with Crippen LogP contribution in [-0.2, 0) is 16.6 Å². The summed E-state index contributed by atoms with van der Waals surface area (Å²) in [5.74, 6) is -0.590. The number of aromatic nitrogens is 5. The van der Waals surface area contributed by atoms with Gasteiger partial charge in [-0.3, -0.25) is 15.1 Å². The van der Waals surface area contributed by atoms with Gasteiger partial charge < -0.3 is 10.1 Å². The number of nitrogens with one attached hydrogen (secondary N) is 2. The third kappa shape index (κ3) is 3.84. The van der Waals surface area contributed by atoms with E-state index in [0.717, 1.165) is 0 Å². The van der Waals surface area contributed by atoms with Gasteiger partial charge in [0.15, 0.2) is 11.5 Å². The predicted octanol–water partition coefficient (Wildman–Crippen LogP) is 3.35. The number of hydrogen-bond acceptors (Lipinski definition) is 8. The number of carbonyl (C=O) groups excluding carboxylic acids is 2. The molecule has 35 heavy (non-hydrogen) atoms. The van der Waals surface area contributed by atoms with Crippen LogP contribution in [0.15, 0.2) is 36.7 Å². The Kier molecular flexibility index (Phi) is 5.20. The molecule has 178 valence electrons. The zero-order chi connectivity index (χ0) is 24.8. The van der Waals surface area contributed by atoms with E-state index in [1.165, 1.54) is 30.1 Å². The number of pyridine rings is 2. The molecule has 0 saturated heterocycles. The molecule has 3 aromatic rings. The Balaban J connectivity index is 1.24. The Morgan fingerprint density at radius 1 is 1.23 bits per heavy atom. The van der Waals surface area contributed by atoms with Gasteiger partial charge in [-0.25, -0.2) is 14.5 Å². The van der Waals surface area contributed by atoms with Crippen molar-refractivity contribution in [1.82, 2.24) is 25.0 Å². The Bertz CT molecular complexity index is 1340. The average molecular weight is 476 g/mol. The van der Waals surface area contributed by atoms with Crippen LogP contribution < -0.4 is 10.6 Å². The van der Waals surface area contributed by atoms with Crippen molar-refractivity contribution in [3.8, 4) is 17.5 Å². The fourth-order valence-corrected chi connectivity index (χ4v) is 4.74. The second kappa shape index (κ2) is 8.12. The van der Waals surface area contributed by atoms with Gasteiger partial charge in [-0.05, 0) is 50.5 Å². The lowest BCUT2D eigenvalue weighted by molar-refractivity contribution is -0.179. The third-order valence-corrected chi connectivity index (χ3v) is 6.57. The quantitative estimate of drug-likeness (QED) is 0.515. The van der Waals surface area contributed by atoms with Crippen LogP contribution in [0.4, 0.5) is 20.7 Å². The van der Waals surface area contributed by atoms with Crippen molar-refractivity contribution in [2.24, 2.45) is 17.9 Å². The maximum Gasteiger partial charge on any atom is 0.413 e. The van der Waals surface area contributed by atoms with E-state index in [-0.39, 0.29) is 28.4 Å². The molecule has 0 unspecified atom stereocenters. The average Bonchev–Trinajstić information content (AvgIpc) is 3.13. The molecule has 3 aliphatic rings. The number of aryl methyl sites for hydroxylation is 1. The number of hydrogen-bond donors (Lipinski definition) is 2. The van der Waals surface area contributed by atoms with E-state index in [1.54, 1.807) is 25.2 Å². The topological polar surface area (TPSA) is 148 Å². The van der Waals surface area contributed by atoms with Gasteiger partial charge in [0.1, 0.15) is 6.10 Å². The predicted molar refractivity (Wildman–Crippen MR) is 120 cm³/mol. The monoisotopic (exact) mass is 476 g/mol. The Morgan fingerprint density at radius 3 is 2.66 bits per heavy atom. The highest BCUT2D eigenvalue weighted by molar-refractivity contribution is 5.98. The first-order valence-electron chi connectivity index (χ1n) is 10.9. The zero-order valence-corrected chi connectivity index (χ0v) is 18.9. The van der Waals surface area contributed by atoms with Gasteiger partial charge in [-0.1, -0.05) is 5.21 Å². The summed E-state index contributed by atoms with van der Waals surface area (Å²) in [5, 5.41) is 22.6. The molecule has 11 nitrogen and oxygen atoms in total. The van der Waals surface area contributed by atoms with E-state index in [4.69, 9.17) is 10.00 Å². The van der Waals surface area contributed by atoms with Crippen molar-refractivity contribution in [3.05, 3.63) is 48.2 Å². The van der Waals surface area contributed by atoms with E-state index in [9.17, 15) is 14.0 Å². The molecule has 2 bridgehead atoms. The van der Waals surface area contributed by atoms with Gasteiger partial charge in [0, 0.05) is 18.8 Å². The van der Waals surface area contributed by atoms with E-state index in [1.807, 2.05) is 0 Å². The van der Waals surface area contributed by atoms with E-state index in [2.05, 4.69) is 37.0 Å². The molecule has 3 saturated carbocycles. The largest absolute Gasteiger partial charge is 0.441 e. The highest BCUT2D eigenvalue weighted by Gasteiger charge is 2.72. The lowest BCUT2D eigenvalue weighted by atomic mass is 9.35. The van der Waals surface area contributed by atoms with Crippen molar-refractivity contribution in [2.75, 3.05) is 10.6 Å². The van der Waals surface area contributed by atoms with E-state index < -0.39 is 23.6 Å². The Labute approximate surface area is 199 Å². The lowest BCUT2D eigenvalue weighted by Gasteiger charge is -2.65. The molecule has 2 amide bonds. The van der Waals surface area contributed by atoms with Crippen molar-refractivity contribution in [1.29, 1.82) is 5.26 Å². The molecular weight excluding hydrogens is 455 g/mol. The second-order valence-electron chi connectivity index (χ2n) is 9.06. The number of ether oxygens (including phenoxy) is 1. The second-order valence-corrected chi connectivity index (χ2v) is 9.06. The van der Waals surface area contributed by atoms with Crippen molar-refractivity contribution < 1.29 is 18.7 Å². The van der Waals surface area contributed by atoms with Gasteiger partial charge in [0.25, 0.3) is 0 Å². The molecular formula is C23H21FN8O3. The van der Waals surface area contributed by atoms with Gasteiger partial charge in [-0.15, -0.1) is 5.10 Å². The number of nitrogens with zero attached hydrogens (tertiary/aromatic N) is 6. The summed E-state index contributed by atoms with van der Waals surface area (Å²) in [7, 11) is 1.59. The van der Waals surface area contributed by atoms with Crippen LogP contribution in [0.5, 0.6) is 0 Å². The molecule has 12 heteroatoms. The van der Waals surface area contributed by atoms with Crippen LogP contribution >= 0.6 is 0 Å². The third-order valence-electron chi connectivity index (χ3n) is 6.57. The van der Waals surface area contributed by atoms with Gasteiger partial charge in [0.05, 0.1) is 34.5 Å². The van der Waals surface area contributed by atoms with E-state index in [0.29, 0.717) is 30.6 Å². The number of amides is 2. The number of halogens is 1. The molecule has 0 aromatic carbocycles. The number of rotatable bonds is 6. The number of carbonyl (C=O) groups is 2. The molecule has 1 atom stereocenters. The molecule has 0 radical (unpaired) electrons. The van der Waals surface area contributed by atoms with Crippen molar-refractivity contribution in [3.63, 3.8) is 0 Å². The number of anilines is 2. The van der Waals surface area contributed by atoms with Crippen LogP contribution in [-0.4, -0.2) is 37.0 Å². The first kappa shape index (κ1) is 22.4. The van der Waals surface area contributed by atoms with Gasteiger partial charge in [-0.2, -0.15) is 9.65 Å². The summed E-state index contributed by atoms with van der Waals surface area (Å²) >= 11 is 0. The van der Waals surface area contributed by atoms with Crippen LogP contribution in [0, 0.1) is 28.1 Å². The molecule has 3 aromatic heterocycles. The van der Waals surface area contributed by atoms with Crippen molar-refractivity contribution in [2.45, 2.75) is 32.3 Å². The van der Waals surface area contributed by atoms with Gasteiger partial charge in [0.2, 0.25) is 11.9 Å². The smallest absolute Gasteiger partial charge is 0.413 e. The summed E-state index contributed by atoms with van der Waals surface area (Å²) in [5.41, 5.74) is 0.614. The molecule has 3 fully saturated rings. The first-order chi connectivity index (χ1) is 16.7. The van der Waals surface area contributed by atoms with Crippen LogP contribution in [0.3, 0.4) is 0 Å². The molecule has 2 N–H and O–H groups in total. The Morgan fingerprint density at radius 2 is 2.00 bits per heavy atom. The van der Waals surface area contributed by atoms with Crippen LogP contribution in [0.2, 0.25) is 0 Å². The van der Waals surface area contributed by atoms with Crippen LogP contribution in [0.1, 0.15) is 37.9 Å². The summed E-state index contributed by atoms with van der Waals surface area (Å²) in [6.45, 7) is 1.53. The minimum Gasteiger partial charge on any atom is -0.441 e. The minimum atomic E-state index is -0.876. The number of nitriles is 1. The normalized spacial score (nSPS) is 22.7. The molecule has 3 aliphatic carbocycles. The SMILES string of the molecule is C[C@@H](OC(=O)Nc1c(-c2ccc(NC(=O)C34CC(C#N)(C3)C4)cn2)nnn1C)c1cccnc1F. The molecule has 0 spiro atoms. The minimum absolute atomic E-state index is 0.104. The highest BCUT2D eigenvalue weighted by Crippen LogP contribution is 2.73. The summed E-state index contributed by atoms with van der Waals surface area (Å²) in [4.78, 5) is 33.0. The van der Waals surface area contributed by atoms with Crippen molar-refractivity contribution >= 4 is 23.5 Å². The van der Waals surface area contributed by atoms with Crippen LogP contribution in [0.25, 0.3) is 11.4 Å². The fourth-order valence-electron chi connectivity index (χ4n) is 4.74. The van der Waals surface area contributed by atoms with Gasteiger partial charge >= 0.3 is 6.09 Å². The summed E-state index contributed by atoms with van der Waals surface area (Å²) in [6, 6.07) is 8.64.